The first kappa shape index (κ1) is 23.6. The summed E-state index contributed by atoms with van der Waals surface area (Å²) in [6.45, 7) is -0.839. The van der Waals surface area contributed by atoms with Crippen LogP contribution >= 0.6 is 11.8 Å². The summed E-state index contributed by atoms with van der Waals surface area (Å²) < 4.78 is 4.75. The van der Waals surface area contributed by atoms with E-state index in [0.717, 1.165) is 11.8 Å². The molecule has 1 aliphatic rings. The van der Waals surface area contributed by atoms with Gasteiger partial charge in [-0.05, 0) is 25.7 Å². The molecule has 0 saturated heterocycles. The number of nitrogens with two attached hydrogens (primary N) is 1. The second-order valence-electron chi connectivity index (χ2n) is 6.90. The van der Waals surface area contributed by atoms with Gasteiger partial charge < -0.3 is 21.1 Å². The molecule has 1 aromatic rings. The molecule has 162 valence electrons. The number of esters is 2. The first-order valence-corrected chi connectivity index (χ1v) is 10.6. The van der Waals surface area contributed by atoms with Crippen LogP contribution in [-0.4, -0.2) is 53.8 Å². The van der Waals surface area contributed by atoms with E-state index in [1.807, 2.05) is 0 Å². The van der Waals surface area contributed by atoms with Gasteiger partial charge in [-0.15, -0.1) is 0 Å². The maximum Gasteiger partial charge on any atom is 0.333 e. The van der Waals surface area contributed by atoms with Gasteiger partial charge in [0.15, 0.2) is 0 Å². The SMILES string of the molecule is NC1CCC(C(=O)OC(=O)CNC(=O)CNC(=O)CSC(=O)c2ccccc2)CC1. The standard InChI is InChI=1S/C20H25N3O6S/c21-15-8-6-13(7-9-15)19(27)29-18(26)11-23-16(24)10-22-17(25)12-30-20(28)14-4-2-1-3-5-14/h1-5,13,15H,6-12,21H2,(H,22,25)(H,23,24). The summed E-state index contributed by atoms with van der Waals surface area (Å²) in [5, 5.41) is 4.38. The molecule has 1 fully saturated rings. The number of rotatable bonds is 8. The Morgan fingerprint density at radius 2 is 1.57 bits per heavy atom. The third kappa shape index (κ3) is 8.34. The topological polar surface area (TPSA) is 145 Å². The van der Waals surface area contributed by atoms with E-state index in [4.69, 9.17) is 10.5 Å². The van der Waals surface area contributed by atoms with Crippen LogP contribution in [0.15, 0.2) is 30.3 Å². The Morgan fingerprint density at radius 1 is 0.933 bits per heavy atom. The fourth-order valence-corrected chi connectivity index (χ4v) is 3.51. The number of hydrogen-bond acceptors (Lipinski definition) is 8. The van der Waals surface area contributed by atoms with Crippen LogP contribution in [0, 0.1) is 5.92 Å². The average Bonchev–Trinajstić information content (AvgIpc) is 2.75. The Balaban J connectivity index is 1.58. The van der Waals surface area contributed by atoms with Crippen LogP contribution in [0.3, 0.4) is 0 Å². The lowest BCUT2D eigenvalue weighted by Crippen LogP contribution is -2.40. The van der Waals surface area contributed by atoms with Gasteiger partial charge in [0.05, 0.1) is 18.2 Å². The molecule has 0 unspecified atom stereocenters. The Labute approximate surface area is 178 Å². The van der Waals surface area contributed by atoms with Gasteiger partial charge in [-0.1, -0.05) is 42.1 Å². The minimum Gasteiger partial charge on any atom is -0.392 e. The highest BCUT2D eigenvalue weighted by atomic mass is 32.2. The van der Waals surface area contributed by atoms with Gasteiger partial charge in [-0.25, -0.2) is 4.79 Å². The van der Waals surface area contributed by atoms with Crippen molar-refractivity contribution in [1.29, 1.82) is 0 Å². The molecule has 2 amide bonds. The van der Waals surface area contributed by atoms with Crippen molar-refractivity contribution in [2.24, 2.45) is 11.7 Å². The van der Waals surface area contributed by atoms with E-state index in [2.05, 4.69) is 10.6 Å². The van der Waals surface area contributed by atoms with Gasteiger partial charge >= 0.3 is 11.9 Å². The van der Waals surface area contributed by atoms with Gasteiger partial charge in [0.2, 0.25) is 16.9 Å². The van der Waals surface area contributed by atoms with Crippen LogP contribution in [0.2, 0.25) is 0 Å². The van der Waals surface area contributed by atoms with E-state index < -0.39 is 30.3 Å². The molecule has 0 heterocycles. The minimum atomic E-state index is -0.862. The average molecular weight is 436 g/mol. The number of nitrogens with one attached hydrogen (secondary N) is 2. The van der Waals surface area contributed by atoms with Crippen molar-refractivity contribution >= 4 is 40.6 Å². The number of ether oxygens (including phenoxy) is 1. The molecular weight excluding hydrogens is 410 g/mol. The molecule has 9 nitrogen and oxygen atoms in total. The van der Waals surface area contributed by atoms with Crippen molar-refractivity contribution in [1.82, 2.24) is 10.6 Å². The molecule has 0 spiro atoms. The molecule has 1 aliphatic carbocycles. The summed E-state index contributed by atoms with van der Waals surface area (Å²) in [5.41, 5.74) is 6.26. The van der Waals surface area contributed by atoms with Gasteiger partial charge in [0.1, 0.15) is 6.54 Å². The van der Waals surface area contributed by atoms with Crippen molar-refractivity contribution in [3.63, 3.8) is 0 Å². The maximum atomic E-state index is 11.9. The molecule has 0 aliphatic heterocycles. The van der Waals surface area contributed by atoms with E-state index >= 15 is 0 Å². The first-order chi connectivity index (χ1) is 14.3. The monoisotopic (exact) mass is 435 g/mol. The van der Waals surface area contributed by atoms with E-state index in [1.165, 1.54) is 0 Å². The first-order valence-electron chi connectivity index (χ1n) is 9.61. The van der Waals surface area contributed by atoms with Crippen molar-refractivity contribution in [2.45, 2.75) is 31.7 Å². The highest BCUT2D eigenvalue weighted by molar-refractivity contribution is 8.14. The van der Waals surface area contributed by atoms with Crippen LogP contribution < -0.4 is 16.4 Å². The predicted octanol–water partition coefficient (Wildman–Crippen LogP) is 0.380. The zero-order valence-electron chi connectivity index (χ0n) is 16.4. The van der Waals surface area contributed by atoms with Crippen LogP contribution in [0.25, 0.3) is 0 Å². The number of carbonyl (C=O) groups is 5. The molecular formula is C20H25N3O6S. The maximum absolute atomic E-state index is 11.9. The van der Waals surface area contributed by atoms with Crippen LogP contribution in [0.4, 0.5) is 0 Å². The molecule has 0 bridgehead atoms. The molecule has 30 heavy (non-hydrogen) atoms. The summed E-state index contributed by atoms with van der Waals surface area (Å²) in [6.07, 6.45) is 2.58. The van der Waals surface area contributed by atoms with E-state index in [-0.39, 0.29) is 29.4 Å². The normalized spacial score (nSPS) is 18.2. The lowest BCUT2D eigenvalue weighted by Gasteiger charge is -2.23. The molecule has 0 atom stereocenters. The van der Waals surface area contributed by atoms with E-state index in [1.54, 1.807) is 30.3 Å². The number of benzene rings is 1. The van der Waals surface area contributed by atoms with Crippen LogP contribution in [0.5, 0.6) is 0 Å². The zero-order chi connectivity index (χ0) is 21.9. The van der Waals surface area contributed by atoms with E-state index in [0.29, 0.717) is 31.2 Å². The van der Waals surface area contributed by atoms with Crippen LogP contribution in [0.1, 0.15) is 36.0 Å². The smallest absolute Gasteiger partial charge is 0.333 e. The van der Waals surface area contributed by atoms with Gasteiger partial charge in [0, 0.05) is 11.6 Å². The molecule has 10 heteroatoms. The molecule has 1 aromatic carbocycles. The number of carbonyl (C=O) groups excluding carboxylic acids is 5. The zero-order valence-corrected chi connectivity index (χ0v) is 17.2. The highest BCUT2D eigenvalue weighted by Gasteiger charge is 2.27. The fraction of sp³-hybridized carbons (Fsp3) is 0.450. The second-order valence-corrected chi connectivity index (χ2v) is 7.85. The Hall–Kier alpha value is -2.72. The van der Waals surface area contributed by atoms with Crippen LogP contribution in [-0.2, 0) is 23.9 Å². The van der Waals surface area contributed by atoms with Gasteiger partial charge in [-0.2, -0.15) is 0 Å². The second kappa shape index (κ2) is 12.1. The minimum absolute atomic E-state index is 0.0779. The number of amides is 2. The summed E-state index contributed by atoms with van der Waals surface area (Å²) in [7, 11) is 0. The van der Waals surface area contributed by atoms with Crippen molar-refractivity contribution in [2.75, 3.05) is 18.8 Å². The van der Waals surface area contributed by atoms with Crippen molar-refractivity contribution in [3.8, 4) is 0 Å². The lowest BCUT2D eigenvalue weighted by atomic mass is 9.86. The third-order valence-electron chi connectivity index (χ3n) is 4.54. The summed E-state index contributed by atoms with van der Waals surface area (Å²) >= 11 is 0.826. The molecule has 0 aromatic heterocycles. The number of thioether (sulfide) groups is 1. The summed E-state index contributed by atoms with van der Waals surface area (Å²) in [4.78, 5) is 59.0. The molecule has 2 rings (SSSR count). The molecule has 1 saturated carbocycles. The quantitative estimate of drug-likeness (QED) is 0.393. The summed E-state index contributed by atoms with van der Waals surface area (Å²) in [5.74, 6) is -3.06. The Bertz CT molecular complexity index is 778. The van der Waals surface area contributed by atoms with Gasteiger partial charge in [-0.3, -0.25) is 19.2 Å². The lowest BCUT2D eigenvalue weighted by molar-refractivity contribution is -0.163. The van der Waals surface area contributed by atoms with Gasteiger partial charge in [0.25, 0.3) is 0 Å². The third-order valence-corrected chi connectivity index (χ3v) is 5.44. The largest absolute Gasteiger partial charge is 0.392 e. The Morgan fingerprint density at radius 3 is 2.23 bits per heavy atom. The molecule has 4 N–H and O–H groups in total. The highest BCUT2D eigenvalue weighted by Crippen LogP contribution is 2.24. The van der Waals surface area contributed by atoms with E-state index in [9.17, 15) is 24.0 Å². The molecule has 0 radical (unpaired) electrons. The Kier molecular flexibility index (Phi) is 9.49. The van der Waals surface area contributed by atoms with Crippen molar-refractivity contribution < 1.29 is 28.7 Å². The fourth-order valence-electron chi connectivity index (χ4n) is 2.84. The predicted molar refractivity (Wildman–Crippen MR) is 110 cm³/mol. The summed E-state index contributed by atoms with van der Waals surface area (Å²) in [6, 6.07) is 8.60. The van der Waals surface area contributed by atoms with Crippen molar-refractivity contribution in [3.05, 3.63) is 35.9 Å². The number of hydrogen-bond donors (Lipinski definition) is 3.